The molecule has 2 saturated heterocycles. The van der Waals surface area contributed by atoms with Gasteiger partial charge in [-0.1, -0.05) is 0 Å². The number of nitrogens with one attached hydrogen (secondary N) is 1. The summed E-state index contributed by atoms with van der Waals surface area (Å²) in [4.78, 5) is 24.8. The molecule has 20 heavy (non-hydrogen) atoms. The molecule has 0 radical (unpaired) electrons. The molecule has 7 nitrogen and oxygen atoms in total. The van der Waals surface area contributed by atoms with Crippen molar-refractivity contribution in [2.45, 2.75) is 31.9 Å². The molecule has 2 aliphatic rings. The number of likely N-dealkylation sites (tertiary alicyclic amines) is 1. The van der Waals surface area contributed by atoms with Crippen LogP contribution < -0.4 is 5.32 Å². The molecule has 3 N–H and O–H groups in total. The molecule has 0 aliphatic carbocycles. The van der Waals surface area contributed by atoms with Gasteiger partial charge in [0, 0.05) is 13.1 Å². The van der Waals surface area contributed by atoms with Crippen molar-refractivity contribution in [3.63, 3.8) is 0 Å². The molecule has 3 unspecified atom stereocenters. The highest BCUT2D eigenvalue weighted by molar-refractivity contribution is 5.77. The van der Waals surface area contributed by atoms with Gasteiger partial charge < -0.3 is 25.2 Å². The van der Waals surface area contributed by atoms with Crippen molar-refractivity contribution in [2.24, 2.45) is 11.8 Å². The van der Waals surface area contributed by atoms with Crippen molar-refractivity contribution < 1.29 is 24.5 Å². The van der Waals surface area contributed by atoms with E-state index in [1.54, 1.807) is 11.8 Å². The van der Waals surface area contributed by atoms with Crippen molar-refractivity contribution in [1.82, 2.24) is 10.2 Å². The van der Waals surface area contributed by atoms with Gasteiger partial charge in [-0.15, -0.1) is 0 Å². The quantitative estimate of drug-likeness (QED) is 0.672. The predicted molar refractivity (Wildman–Crippen MR) is 70.2 cm³/mol. The number of rotatable bonds is 3. The minimum absolute atomic E-state index is 0.143. The Bertz CT molecular complexity index is 366. The number of carboxylic acids is 1. The Morgan fingerprint density at radius 2 is 1.95 bits per heavy atom. The van der Waals surface area contributed by atoms with Crippen LogP contribution in [0.25, 0.3) is 0 Å². The van der Waals surface area contributed by atoms with Crippen LogP contribution in [-0.2, 0) is 9.53 Å². The van der Waals surface area contributed by atoms with Crippen molar-refractivity contribution in [3.8, 4) is 0 Å². The van der Waals surface area contributed by atoms with Gasteiger partial charge in [-0.05, 0) is 25.7 Å². The van der Waals surface area contributed by atoms with E-state index in [4.69, 9.17) is 9.84 Å². The van der Waals surface area contributed by atoms with Crippen LogP contribution in [0.3, 0.4) is 0 Å². The van der Waals surface area contributed by atoms with Crippen LogP contribution in [0.4, 0.5) is 4.79 Å². The van der Waals surface area contributed by atoms with Crippen LogP contribution in [0.1, 0.15) is 19.8 Å². The predicted octanol–water partition coefficient (Wildman–Crippen LogP) is -0.112. The number of hydrogen-bond donors (Lipinski definition) is 3. The molecule has 0 spiro atoms. The summed E-state index contributed by atoms with van der Waals surface area (Å²) < 4.78 is 5.12. The van der Waals surface area contributed by atoms with E-state index in [9.17, 15) is 14.7 Å². The molecular formula is C13H22N2O5. The fraction of sp³-hybridized carbons (Fsp3) is 0.846. The van der Waals surface area contributed by atoms with Crippen molar-refractivity contribution >= 4 is 12.0 Å². The third-order valence-corrected chi connectivity index (χ3v) is 4.22. The van der Waals surface area contributed by atoms with Crippen LogP contribution in [0.15, 0.2) is 0 Å². The smallest absolute Gasteiger partial charge is 0.317 e. The number of aliphatic carboxylic acids is 1. The first-order chi connectivity index (χ1) is 9.49. The van der Waals surface area contributed by atoms with Crippen molar-refractivity contribution in [2.75, 3.05) is 26.3 Å². The second-order valence-corrected chi connectivity index (χ2v) is 5.60. The lowest BCUT2D eigenvalue weighted by molar-refractivity contribution is -0.142. The third kappa shape index (κ3) is 3.40. The number of carbonyl (C=O) groups excluding carboxylic acids is 1. The number of aliphatic hydroxyl groups excluding tert-OH is 1. The lowest BCUT2D eigenvalue weighted by Crippen LogP contribution is -2.51. The molecule has 0 aromatic rings. The number of amides is 2. The summed E-state index contributed by atoms with van der Waals surface area (Å²) in [6.45, 7) is 3.34. The number of urea groups is 1. The minimum atomic E-state index is -0.944. The van der Waals surface area contributed by atoms with Gasteiger partial charge in [-0.2, -0.15) is 0 Å². The van der Waals surface area contributed by atoms with E-state index < -0.39 is 17.9 Å². The molecule has 2 aliphatic heterocycles. The Kier molecular flexibility index (Phi) is 4.82. The maximum Gasteiger partial charge on any atom is 0.317 e. The Morgan fingerprint density at radius 3 is 2.50 bits per heavy atom. The monoisotopic (exact) mass is 286 g/mol. The second-order valence-electron chi connectivity index (χ2n) is 5.60. The summed E-state index contributed by atoms with van der Waals surface area (Å²) in [6.07, 6.45) is 1.20. The fourth-order valence-corrected chi connectivity index (χ4v) is 2.77. The van der Waals surface area contributed by atoms with E-state index in [1.807, 2.05) is 0 Å². The van der Waals surface area contributed by atoms with Crippen LogP contribution in [0, 0.1) is 11.8 Å². The first kappa shape index (κ1) is 15.1. The molecule has 7 heteroatoms. The molecule has 114 valence electrons. The highest BCUT2D eigenvalue weighted by atomic mass is 16.5. The Hall–Kier alpha value is -1.34. The van der Waals surface area contributed by atoms with Crippen LogP contribution >= 0.6 is 0 Å². The van der Waals surface area contributed by atoms with E-state index in [-0.39, 0.29) is 31.3 Å². The van der Waals surface area contributed by atoms with Crippen LogP contribution in [0.2, 0.25) is 0 Å². The second kappa shape index (κ2) is 6.41. The number of aliphatic hydroxyl groups is 1. The summed E-state index contributed by atoms with van der Waals surface area (Å²) in [5.41, 5.74) is 0. The summed E-state index contributed by atoms with van der Waals surface area (Å²) in [6, 6.07) is -0.703. The average molecular weight is 286 g/mol. The summed E-state index contributed by atoms with van der Waals surface area (Å²) in [5.74, 6) is -1.38. The number of carboxylic acid groups (broad SMARTS) is 1. The zero-order chi connectivity index (χ0) is 14.7. The Balaban J connectivity index is 1.82. The van der Waals surface area contributed by atoms with Gasteiger partial charge in [0.05, 0.1) is 25.4 Å². The van der Waals surface area contributed by atoms with E-state index in [2.05, 4.69) is 5.32 Å². The Morgan fingerprint density at radius 1 is 1.30 bits per heavy atom. The maximum atomic E-state index is 12.1. The lowest BCUT2D eigenvalue weighted by Gasteiger charge is -2.34. The molecule has 2 fully saturated rings. The third-order valence-electron chi connectivity index (χ3n) is 4.22. The van der Waals surface area contributed by atoms with Crippen molar-refractivity contribution in [3.05, 3.63) is 0 Å². The van der Waals surface area contributed by atoms with Gasteiger partial charge in [-0.25, -0.2) is 4.79 Å². The van der Waals surface area contributed by atoms with Crippen LogP contribution in [0.5, 0.6) is 0 Å². The molecule has 0 saturated carbocycles. The SMILES string of the molecule is CC(O)C1CCN(C(=O)NC2COCC2C(=O)O)CC1. The minimum Gasteiger partial charge on any atom is -0.481 e. The van der Waals surface area contributed by atoms with E-state index >= 15 is 0 Å². The molecule has 0 aromatic carbocycles. The lowest BCUT2D eigenvalue weighted by atomic mass is 9.92. The highest BCUT2D eigenvalue weighted by Crippen LogP contribution is 2.21. The zero-order valence-electron chi connectivity index (χ0n) is 11.6. The van der Waals surface area contributed by atoms with E-state index in [0.717, 1.165) is 12.8 Å². The number of piperidine rings is 1. The summed E-state index contributed by atoms with van der Waals surface area (Å²) in [5, 5.41) is 21.3. The Labute approximate surface area is 117 Å². The molecule has 0 aromatic heterocycles. The number of ether oxygens (including phenoxy) is 1. The molecule has 2 amide bonds. The van der Waals surface area contributed by atoms with Gasteiger partial charge >= 0.3 is 12.0 Å². The van der Waals surface area contributed by atoms with Crippen LogP contribution in [-0.4, -0.2) is 65.6 Å². The number of carbonyl (C=O) groups is 2. The zero-order valence-corrected chi connectivity index (χ0v) is 11.6. The standard InChI is InChI=1S/C13H22N2O5/c1-8(16)9-2-4-15(5-3-9)13(19)14-11-7-20-6-10(11)12(17)18/h8-11,16H,2-7H2,1H3,(H,14,19)(H,17,18). The van der Waals surface area contributed by atoms with Gasteiger partial charge in [-0.3, -0.25) is 4.79 Å². The number of nitrogens with zero attached hydrogens (tertiary/aromatic N) is 1. The van der Waals surface area contributed by atoms with Crippen molar-refractivity contribution in [1.29, 1.82) is 0 Å². The largest absolute Gasteiger partial charge is 0.481 e. The molecule has 0 bridgehead atoms. The molecule has 2 heterocycles. The summed E-state index contributed by atoms with van der Waals surface area (Å²) >= 11 is 0. The van der Waals surface area contributed by atoms with Gasteiger partial charge in [0.15, 0.2) is 0 Å². The van der Waals surface area contributed by atoms with E-state index in [0.29, 0.717) is 13.1 Å². The first-order valence-electron chi connectivity index (χ1n) is 7.03. The fourth-order valence-electron chi connectivity index (χ4n) is 2.77. The maximum absolute atomic E-state index is 12.1. The molecule has 3 atom stereocenters. The van der Waals surface area contributed by atoms with E-state index in [1.165, 1.54) is 0 Å². The highest BCUT2D eigenvalue weighted by Gasteiger charge is 2.36. The normalized spacial score (nSPS) is 29.2. The first-order valence-corrected chi connectivity index (χ1v) is 7.03. The molecular weight excluding hydrogens is 264 g/mol. The molecule has 2 rings (SSSR count). The topological polar surface area (TPSA) is 99.1 Å². The number of hydrogen-bond acceptors (Lipinski definition) is 4. The summed E-state index contributed by atoms with van der Waals surface area (Å²) in [7, 11) is 0. The van der Waals surface area contributed by atoms with Gasteiger partial charge in [0.25, 0.3) is 0 Å². The van der Waals surface area contributed by atoms with Gasteiger partial charge in [0.2, 0.25) is 0 Å². The van der Waals surface area contributed by atoms with Gasteiger partial charge in [0.1, 0.15) is 5.92 Å². The average Bonchev–Trinajstić information content (AvgIpc) is 2.87.